The minimum Gasteiger partial charge on any atom is -0.398 e. The number of nitrogens with zero attached hydrogens (tertiary/aromatic N) is 2. The van der Waals surface area contributed by atoms with Crippen LogP contribution in [0.2, 0.25) is 0 Å². The van der Waals surface area contributed by atoms with Gasteiger partial charge >= 0.3 is 6.18 Å². The van der Waals surface area contributed by atoms with Crippen molar-refractivity contribution in [2.75, 3.05) is 5.73 Å². The second-order valence-corrected chi connectivity index (χ2v) is 6.61. The highest BCUT2D eigenvalue weighted by atomic mass is 19.4. The minimum atomic E-state index is -4.57. The molecule has 1 heterocycles. The van der Waals surface area contributed by atoms with Gasteiger partial charge in [0.15, 0.2) is 0 Å². The summed E-state index contributed by atoms with van der Waals surface area (Å²) in [5.41, 5.74) is 4.05. The molecule has 0 aliphatic heterocycles. The van der Waals surface area contributed by atoms with E-state index in [2.05, 4.69) is 5.10 Å². The zero-order valence-corrected chi connectivity index (χ0v) is 14.8. The first-order valence-corrected chi connectivity index (χ1v) is 8.44. The van der Waals surface area contributed by atoms with Gasteiger partial charge in [-0.15, -0.1) is 0 Å². The predicted molar refractivity (Wildman–Crippen MR) is 95.0 cm³/mol. The highest BCUT2D eigenvalue weighted by Gasteiger charge is 2.44. The minimum absolute atomic E-state index is 0.0863. The van der Waals surface area contributed by atoms with Gasteiger partial charge in [-0.2, -0.15) is 18.3 Å². The van der Waals surface area contributed by atoms with Crippen molar-refractivity contribution in [2.24, 2.45) is 0 Å². The van der Waals surface area contributed by atoms with Gasteiger partial charge in [0.05, 0.1) is 23.4 Å². The summed E-state index contributed by atoms with van der Waals surface area (Å²) in [6, 6.07) is 8.62. The van der Waals surface area contributed by atoms with Crippen LogP contribution in [-0.4, -0.2) is 27.4 Å². The summed E-state index contributed by atoms with van der Waals surface area (Å²) in [4.78, 5) is 0. The third-order valence-electron chi connectivity index (χ3n) is 4.89. The van der Waals surface area contributed by atoms with Crippen molar-refractivity contribution in [3.63, 3.8) is 0 Å². The van der Waals surface area contributed by atoms with Gasteiger partial charge in [-0.1, -0.05) is 18.2 Å². The first kappa shape index (κ1) is 20.1. The maximum absolute atomic E-state index is 13.6. The molecule has 0 amide bonds. The van der Waals surface area contributed by atoms with Gasteiger partial charge in [-0.05, 0) is 36.8 Å². The van der Waals surface area contributed by atoms with E-state index in [1.807, 2.05) is 0 Å². The first-order chi connectivity index (χ1) is 13.1. The van der Waals surface area contributed by atoms with E-state index in [-0.39, 0.29) is 5.56 Å². The van der Waals surface area contributed by atoms with Gasteiger partial charge in [0.2, 0.25) is 6.43 Å². The Hall–Kier alpha value is -2.68. The number of rotatable bonds is 5. The van der Waals surface area contributed by atoms with Crippen LogP contribution in [-0.2, 0) is 11.7 Å². The number of aliphatic hydroxyl groups excluding tert-OH is 1. The van der Waals surface area contributed by atoms with Crippen LogP contribution in [0, 0.1) is 0 Å². The lowest BCUT2D eigenvalue weighted by Crippen LogP contribution is -2.47. The molecule has 3 rings (SSSR count). The Morgan fingerprint density at radius 3 is 2.21 bits per heavy atom. The van der Waals surface area contributed by atoms with Crippen molar-refractivity contribution in [3.05, 3.63) is 59.8 Å². The fourth-order valence-electron chi connectivity index (χ4n) is 3.49. The van der Waals surface area contributed by atoms with Gasteiger partial charge in [0.25, 0.3) is 0 Å². The Kier molecular flexibility index (Phi) is 5.05. The van der Waals surface area contributed by atoms with E-state index in [1.54, 1.807) is 18.2 Å². The molecular formula is C19H18F5N3O. The number of aromatic nitrogens is 2. The number of anilines is 1. The number of hydrogen-bond acceptors (Lipinski definition) is 3. The van der Waals surface area contributed by atoms with Crippen LogP contribution in [0.4, 0.5) is 27.6 Å². The molecule has 4 nitrogen and oxygen atoms in total. The van der Waals surface area contributed by atoms with Crippen LogP contribution in [0.1, 0.15) is 24.5 Å². The molecule has 0 bridgehead atoms. The SMILES string of the molecule is CC(O)C(CC(F)F)(c1ccc(C(F)(F)F)cc1)n1ncc2c(N)cccc21. The van der Waals surface area contributed by atoms with Crippen LogP contribution in [0.25, 0.3) is 10.9 Å². The lowest BCUT2D eigenvalue weighted by Gasteiger charge is -2.38. The highest BCUT2D eigenvalue weighted by Crippen LogP contribution is 2.40. The van der Waals surface area contributed by atoms with E-state index in [1.165, 1.54) is 17.8 Å². The van der Waals surface area contributed by atoms with Crippen molar-refractivity contribution in [2.45, 2.75) is 37.6 Å². The number of benzene rings is 2. The fraction of sp³-hybridized carbons (Fsp3) is 0.316. The molecule has 0 saturated heterocycles. The molecule has 0 saturated carbocycles. The zero-order chi connectivity index (χ0) is 20.7. The smallest absolute Gasteiger partial charge is 0.398 e. The van der Waals surface area contributed by atoms with Crippen molar-refractivity contribution in [1.82, 2.24) is 9.78 Å². The number of nitrogens with two attached hydrogens (primary N) is 1. The summed E-state index contributed by atoms with van der Waals surface area (Å²) in [5, 5.41) is 15.2. The topological polar surface area (TPSA) is 64.1 Å². The quantitative estimate of drug-likeness (QED) is 0.493. The van der Waals surface area contributed by atoms with E-state index in [4.69, 9.17) is 5.73 Å². The first-order valence-electron chi connectivity index (χ1n) is 8.44. The molecule has 2 unspecified atom stereocenters. The summed E-state index contributed by atoms with van der Waals surface area (Å²) in [6.07, 6.45) is -8.26. The van der Waals surface area contributed by atoms with Crippen molar-refractivity contribution in [1.29, 1.82) is 0 Å². The maximum atomic E-state index is 13.6. The third-order valence-corrected chi connectivity index (χ3v) is 4.89. The van der Waals surface area contributed by atoms with Gasteiger partial charge in [-0.3, -0.25) is 4.68 Å². The monoisotopic (exact) mass is 399 g/mol. The average molecular weight is 399 g/mol. The Bertz CT molecular complexity index is 966. The molecule has 2 atom stereocenters. The van der Waals surface area contributed by atoms with E-state index in [0.717, 1.165) is 24.3 Å². The number of nitrogen functional groups attached to an aromatic ring is 1. The van der Waals surface area contributed by atoms with Gasteiger partial charge in [-0.25, -0.2) is 8.78 Å². The number of alkyl halides is 5. The Morgan fingerprint density at radius 1 is 1.07 bits per heavy atom. The van der Waals surface area contributed by atoms with E-state index < -0.39 is 36.2 Å². The molecule has 0 spiro atoms. The summed E-state index contributed by atoms with van der Waals surface area (Å²) in [6.45, 7) is 1.31. The second-order valence-electron chi connectivity index (χ2n) is 6.61. The summed E-state index contributed by atoms with van der Waals surface area (Å²) in [5.74, 6) is 0. The number of aliphatic hydroxyl groups is 1. The molecule has 150 valence electrons. The summed E-state index contributed by atoms with van der Waals surface area (Å²) < 4.78 is 67.1. The van der Waals surface area contributed by atoms with E-state index in [9.17, 15) is 27.1 Å². The van der Waals surface area contributed by atoms with Crippen LogP contribution >= 0.6 is 0 Å². The number of halogens is 5. The molecule has 0 fully saturated rings. The normalized spacial score (nSPS) is 15.7. The highest BCUT2D eigenvalue weighted by molar-refractivity contribution is 5.90. The molecule has 28 heavy (non-hydrogen) atoms. The molecule has 0 radical (unpaired) electrons. The van der Waals surface area contributed by atoms with Crippen molar-refractivity contribution >= 4 is 16.6 Å². The molecule has 3 aromatic rings. The summed E-state index contributed by atoms with van der Waals surface area (Å²) >= 11 is 0. The average Bonchev–Trinajstić information content (AvgIpc) is 3.04. The number of fused-ring (bicyclic) bond motifs is 1. The lowest BCUT2D eigenvalue weighted by molar-refractivity contribution is -0.137. The molecular weight excluding hydrogens is 381 g/mol. The lowest BCUT2D eigenvalue weighted by atomic mass is 9.81. The Morgan fingerprint density at radius 2 is 1.68 bits per heavy atom. The standard InChI is InChI=1S/C19H18F5N3O/c1-11(28)18(9-17(20)21,12-5-7-13(8-6-12)19(22,23)24)27-16-4-2-3-15(25)14(16)10-26-27/h2-8,10-11,17,28H,9,25H2,1H3. The van der Waals surface area contributed by atoms with Crippen molar-refractivity contribution < 1.29 is 27.1 Å². The fourth-order valence-corrected chi connectivity index (χ4v) is 3.49. The molecule has 2 aromatic carbocycles. The van der Waals surface area contributed by atoms with Crippen LogP contribution in [0.15, 0.2) is 48.7 Å². The van der Waals surface area contributed by atoms with Gasteiger partial charge < -0.3 is 10.8 Å². The maximum Gasteiger partial charge on any atom is 0.416 e. The molecule has 0 aliphatic rings. The Labute approximate surface area is 157 Å². The van der Waals surface area contributed by atoms with Crippen LogP contribution in [0.3, 0.4) is 0 Å². The van der Waals surface area contributed by atoms with Crippen molar-refractivity contribution in [3.8, 4) is 0 Å². The third kappa shape index (κ3) is 3.30. The summed E-state index contributed by atoms with van der Waals surface area (Å²) in [7, 11) is 0. The molecule has 0 aliphatic carbocycles. The van der Waals surface area contributed by atoms with E-state index >= 15 is 0 Å². The number of hydrogen-bond donors (Lipinski definition) is 2. The van der Waals surface area contributed by atoms with Gasteiger partial charge in [0, 0.05) is 17.5 Å². The predicted octanol–water partition coefficient (Wildman–Crippen LogP) is 4.42. The zero-order valence-electron chi connectivity index (χ0n) is 14.8. The van der Waals surface area contributed by atoms with Crippen LogP contribution < -0.4 is 5.73 Å². The van der Waals surface area contributed by atoms with E-state index in [0.29, 0.717) is 16.6 Å². The molecule has 3 N–H and O–H groups in total. The molecule has 1 aromatic heterocycles. The second kappa shape index (κ2) is 7.05. The van der Waals surface area contributed by atoms with Crippen LogP contribution in [0.5, 0.6) is 0 Å². The Balaban J connectivity index is 2.27. The van der Waals surface area contributed by atoms with Gasteiger partial charge in [0.1, 0.15) is 5.54 Å². The largest absolute Gasteiger partial charge is 0.416 e. The molecule has 9 heteroatoms.